The van der Waals surface area contributed by atoms with E-state index in [4.69, 9.17) is 4.74 Å². The number of hydrogen-bond donors (Lipinski definition) is 0. The summed E-state index contributed by atoms with van der Waals surface area (Å²) < 4.78 is 11.9. The van der Waals surface area contributed by atoms with E-state index in [1.165, 1.54) is 24.3 Å². The van der Waals surface area contributed by atoms with Crippen molar-refractivity contribution in [2.24, 2.45) is 0 Å². The Hall–Kier alpha value is -2.56. The van der Waals surface area contributed by atoms with Gasteiger partial charge < -0.3 is 14.0 Å². The van der Waals surface area contributed by atoms with E-state index in [2.05, 4.69) is 16.9 Å². The molecule has 0 amide bonds. The molecular weight excluding hydrogens is 294 g/mol. The minimum Gasteiger partial charge on any atom is -0.497 e. The average Bonchev–Trinajstić information content (AvgIpc) is 2.98. The largest absolute Gasteiger partial charge is 0.497 e. The highest BCUT2D eigenvalue weighted by Crippen LogP contribution is 2.36. The highest BCUT2D eigenvalue weighted by atomic mass is 16.5. The first kappa shape index (κ1) is 15.3. The van der Waals surface area contributed by atoms with Crippen LogP contribution in [0.4, 0.5) is 0 Å². The highest BCUT2D eigenvalue weighted by Gasteiger charge is 2.23. The number of ether oxygens (including phenoxy) is 2. The van der Waals surface area contributed by atoms with E-state index < -0.39 is 5.97 Å². The molecule has 1 atom stereocenters. The van der Waals surface area contributed by atoms with Crippen molar-refractivity contribution >= 4 is 5.97 Å². The summed E-state index contributed by atoms with van der Waals surface area (Å²) in [5, 5.41) is 0. The average molecular weight is 313 g/mol. The van der Waals surface area contributed by atoms with Crippen LogP contribution in [0.2, 0.25) is 0 Å². The van der Waals surface area contributed by atoms with Gasteiger partial charge in [-0.1, -0.05) is 6.07 Å². The van der Waals surface area contributed by atoms with Crippen LogP contribution in [-0.4, -0.2) is 24.8 Å². The molecule has 23 heavy (non-hydrogen) atoms. The van der Waals surface area contributed by atoms with E-state index in [0.29, 0.717) is 12.5 Å². The normalized spacial score (nSPS) is 16.0. The maximum Gasteiger partial charge on any atom is 0.343 e. The number of pyridine rings is 1. The van der Waals surface area contributed by atoms with Crippen LogP contribution in [0, 0.1) is 0 Å². The van der Waals surface area contributed by atoms with E-state index in [9.17, 15) is 9.59 Å². The first-order valence-corrected chi connectivity index (χ1v) is 7.57. The van der Waals surface area contributed by atoms with Gasteiger partial charge in [-0.2, -0.15) is 0 Å². The van der Waals surface area contributed by atoms with Crippen molar-refractivity contribution in [3.8, 4) is 5.75 Å². The molecular formula is C18H19NO4. The molecule has 0 fully saturated rings. The highest BCUT2D eigenvalue weighted by molar-refractivity contribution is 5.88. The van der Waals surface area contributed by atoms with Gasteiger partial charge in [-0.05, 0) is 36.1 Å². The van der Waals surface area contributed by atoms with Crippen molar-refractivity contribution in [2.75, 3.05) is 14.2 Å². The van der Waals surface area contributed by atoms with Gasteiger partial charge in [0.2, 0.25) is 0 Å². The molecule has 0 N–H and O–H groups in total. The summed E-state index contributed by atoms with van der Waals surface area (Å²) in [5.41, 5.74) is 2.37. The first-order valence-electron chi connectivity index (χ1n) is 7.57. The number of carbonyl (C=O) groups is 1. The number of nitrogens with zero attached hydrogens (tertiary/aromatic N) is 1. The van der Waals surface area contributed by atoms with E-state index in [-0.39, 0.29) is 11.0 Å². The van der Waals surface area contributed by atoms with Gasteiger partial charge in [-0.15, -0.1) is 0 Å². The Kier molecular flexibility index (Phi) is 4.19. The Bertz CT molecular complexity index is 794. The van der Waals surface area contributed by atoms with Crippen LogP contribution < -0.4 is 10.2 Å². The fourth-order valence-electron chi connectivity index (χ4n) is 3.14. The fraction of sp³-hybridized carbons (Fsp3) is 0.333. The number of methoxy groups -OCH3 is 2. The fourth-order valence-corrected chi connectivity index (χ4v) is 3.14. The molecule has 0 saturated carbocycles. The van der Waals surface area contributed by atoms with Gasteiger partial charge in [-0.25, -0.2) is 4.79 Å². The molecule has 3 rings (SSSR count). The molecule has 1 heterocycles. The standard InChI is InChI=1S/C18H19NO4/c1-22-14-6-5-12-3-4-13(15(12)9-14)10-19-8-7-17(20)16(11-19)18(21)23-2/h5-9,11,13H,3-4,10H2,1-2H3. The lowest BCUT2D eigenvalue weighted by Crippen LogP contribution is -2.19. The molecule has 0 radical (unpaired) electrons. The van der Waals surface area contributed by atoms with Crippen molar-refractivity contribution in [1.29, 1.82) is 0 Å². The van der Waals surface area contributed by atoms with Crippen molar-refractivity contribution in [3.63, 3.8) is 0 Å². The van der Waals surface area contributed by atoms with Gasteiger partial charge in [0.15, 0.2) is 5.43 Å². The molecule has 5 nitrogen and oxygen atoms in total. The Labute approximate surface area is 134 Å². The molecule has 5 heteroatoms. The van der Waals surface area contributed by atoms with E-state index in [1.807, 2.05) is 10.6 Å². The summed E-state index contributed by atoms with van der Waals surface area (Å²) in [6.45, 7) is 0.713. The van der Waals surface area contributed by atoms with Crippen LogP contribution in [0.5, 0.6) is 5.75 Å². The third-order valence-corrected chi connectivity index (χ3v) is 4.37. The summed E-state index contributed by atoms with van der Waals surface area (Å²) in [6.07, 6.45) is 5.37. The molecule has 2 aromatic rings. The van der Waals surface area contributed by atoms with Gasteiger partial charge in [0, 0.05) is 30.9 Å². The maximum atomic E-state index is 11.8. The van der Waals surface area contributed by atoms with E-state index >= 15 is 0 Å². The predicted octanol–water partition coefficient (Wildman–Crippen LogP) is 2.37. The van der Waals surface area contributed by atoms with Crippen LogP contribution >= 0.6 is 0 Å². The summed E-state index contributed by atoms with van der Waals surface area (Å²) in [4.78, 5) is 23.4. The lowest BCUT2D eigenvalue weighted by Gasteiger charge is -2.15. The minimum atomic E-state index is -0.599. The molecule has 0 saturated heterocycles. The summed E-state index contributed by atoms with van der Waals surface area (Å²) in [7, 11) is 2.94. The van der Waals surface area contributed by atoms with Gasteiger partial charge in [0.25, 0.3) is 0 Å². The Morgan fingerprint density at radius 3 is 2.87 bits per heavy atom. The molecule has 120 valence electrons. The smallest absolute Gasteiger partial charge is 0.343 e. The molecule has 1 aliphatic carbocycles. The number of esters is 1. The van der Waals surface area contributed by atoms with Gasteiger partial charge in [-0.3, -0.25) is 4.79 Å². The number of aryl methyl sites for hydroxylation is 1. The number of benzene rings is 1. The molecule has 0 spiro atoms. The lowest BCUT2D eigenvalue weighted by molar-refractivity contribution is 0.0598. The number of rotatable bonds is 4. The molecule has 1 aliphatic rings. The second kappa shape index (κ2) is 6.28. The zero-order valence-corrected chi connectivity index (χ0v) is 13.2. The van der Waals surface area contributed by atoms with Gasteiger partial charge in [0.05, 0.1) is 14.2 Å². The van der Waals surface area contributed by atoms with E-state index in [0.717, 1.165) is 18.6 Å². The first-order chi connectivity index (χ1) is 11.1. The SMILES string of the molecule is COC(=O)c1cn(CC2CCc3ccc(OC)cc32)ccc1=O. The third kappa shape index (κ3) is 2.99. The molecule has 1 unspecified atom stereocenters. The van der Waals surface area contributed by atoms with Crippen molar-refractivity contribution < 1.29 is 14.3 Å². The predicted molar refractivity (Wildman–Crippen MR) is 86.1 cm³/mol. The van der Waals surface area contributed by atoms with E-state index in [1.54, 1.807) is 19.5 Å². The number of carbonyl (C=O) groups excluding carboxylic acids is 1. The van der Waals surface area contributed by atoms with Crippen molar-refractivity contribution in [3.05, 3.63) is 63.6 Å². The Morgan fingerprint density at radius 1 is 1.30 bits per heavy atom. The quantitative estimate of drug-likeness (QED) is 0.813. The van der Waals surface area contributed by atoms with Crippen molar-refractivity contribution in [2.45, 2.75) is 25.3 Å². The second-order valence-corrected chi connectivity index (χ2v) is 5.71. The van der Waals surface area contributed by atoms with Crippen LogP contribution in [0.1, 0.15) is 33.8 Å². The minimum absolute atomic E-state index is 0.0684. The molecule has 0 aliphatic heterocycles. The maximum absolute atomic E-state index is 11.8. The van der Waals surface area contributed by atoms with Crippen LogP contribution in [-0.2, 0) is 17.7 Å². The summed E-state index contributed by atoms with van der Waals surface area (Å²) >= 11 is 0. The second-order valence-electron chi connectivity index (χ2n) is 5.71. The summed E-state index contributed by atoms with van der Waals surface area (Å²) in [5.74, 6) is 0.594. The lowest BCUT2D eigenvalue weighted by atomic mass is 10.0. The van der Waals surface area contributed by atoms with Crippen LogP contribution in [0.15, 0.2) is 41.5 Å². The monoisotopic (exact) mass is 313 g/mol. The number of fused-ring (bicyclic) bond motifs is 1. The van der Waals surface area contributed by atoms with Gasteiger partial charge >= 0.3 is 5.97 Å². The third-order valence-electron chi connectivity index (χ3n) is 4.37. The Balaban J connectivity index is 1.87. The number of aromatic nitrogens is 1. The zero-order valence-electron chi connectivity index (χ0n) is 13.2. The van der Waals surface area contributed by atoms with Crippen LogP contribution in [0.3, 0.4) is 0 Å². The molecule has 1 aromatic carbocycles. The number of hydrogen-bond acceptors (Lipinski definition) is 4. The summed E-state index contributed by atoms with van der Waals surface area (Å²) in [6, 6.07) is 7.58. The van der Waals surface area contributed by atoms with Gasteiger partial charge in [0.1, 0.15) is 11.3 Å². The Morgan fingerprint density at radius 2 is 2.13 bits per heavy atom. The molecule has 0 bridgehead atoms. The topological polar surface area (TPSA) is 57.5 Å². The molecule has 1 aromatic heterocycles. The van der Waals surface area contributed by atoms with Crippen LogP contribution in [0.25, 0.3) is 0 Å². The van der Waals surface area contributed by atoms with Crippen molar-refractivity contribution in [1.82, 2.24) is 4.57 Å². The zero-order chi connectivity index (χ0) is 16.4.